The molecular formula is C14H19N5O2S. The fraction of sp³-hybridized carbons (Fsp3) is 0.500. The molecule has 0 spiro atoms. The minimum Gasteiger partial charge on any atom is -0.309 e. The van der Waals surface area contributed by atoms with E-state index in [1.165, 1.54) is 0 Å². The Bertz CT molecular complexity index is 712. The lowest BCUT2D eigenvalue weighted by molar-refractivity contribution is 0.538. The molecule has 0 amide bonds. The van der Waals surface area contributed by atoms with E-state index < -0.39 is 9.84 Å². The number of hydrogen-bond acceptors (Lipinski definition) is 6. The standard InChI is InChI=1S/C14H19N5O2S/c1-11(15-9-14-3-2-8-22(14,20)21)12-4-6-13(7-5-12)19-10-16-17-18-19/h4-7,10-11,14-15H,2-3,8-9H2,1H3. The Labute approximate surface area is 129 Å². The van der Waals surface area contributed by atoms with E-state index in [1.807, 2.05) is 31.2 Å². The summed E-state index contributed by atoms with van der Waals surface area (Å²) in [5.41, 5.74) is 1.99. The van der Waals surface area contributed by atoms with Crippen molar-refractivity contribution >= 4 is 9.84 Å². The van der Waals surface area contributed by atoms with Crippen LogP contribution in [0, 0.1) is 0 Å². The minimum atomic E-state index is -2.89. The summed E-state index contributed by atoms with van der Waals surface area (Å²) >= 11 is 0. The Morgan fingerprint density at radius 2 is 2.14 bits per heavy atom. The molecule has 0 saturated carbocycles. The number of hydrogen-bond donors (Lipinski definition) is 1. The van der Waals surface area contributed by atoms with E-state index in [0.717, 1.165) is 24.1 Å². The lowest BCUT2D eigenvalue weighted by Gasteiger charge is -2.17. The van der Waals surface area contributed by atoms with Crippen molar-refractivity contribution in [2.75, 3.05) is 12.3 Å². The van der Waals surface area contributed by atoms with E-state index in [4.69, 9.17) is 0 Å². The number of rotatable bonds is 5. The molecule has 2 atom stereocenters. The van der Waals surface area contributed by atoms with Gasteiger partial charge in [0.2, 0.25) is 0 Å². The molecule has 0 bridgehead atoms. The molecule has 0 aliphatic carbocycles. The first-order valence-corrected chi connectivity index (χ1v) is 9.06. The largest absolute Gasteiger partial charge is 0.309 e. The topological polar surface area (TPSA) is 89.8 Å². The third-order valence-corrected chi connectivity index (χ3v) is 6.40. The van der Waals surface area contributed by atoms with Crippen LogP contribution in [0.5, 0.6) is 0 Å². The fourth-order valence-electron chi connectivity index (χ4n) is 2.71. The van der Waals surface area contributed by atoms with E-state index in [0.29, 0.717) is 12.3 Å². The van der Waals surface area contributed by atoms with Crippen LogP contribution in [0.1, 0.15) is 31.4 Å². The molecule has 118 valence electrons. The van der Waals surface area contributed by atoms with Crippen LogP contribution >= 0.6 is 0 Å². The summed E-state index contributed by atoms with van der Waals surface area (Å²) in [6, 6.07) is 7.97. The Morgan fingerprint density at radius 1 is 1.36 bits per heavy atom. The highest BCUT2D eigenvalue weighted by Crippen LogP contribution is 2.21. The SMILES string of the molecule is CC(NCC1CCCS1(=O)=O)c1ccc(-n2cnnn2)cc1. The smallest absolute Gasteiger partial charge is 0.154 e. The molecule has 2 aromatic rings. The number of tetrazole rings is 1. The molecule has 2 heterocycles. The molecular weight excluding hydrogens is 302 g/mol. The first-order chi connectivity index (χ1) is 10.6. The monoisotopic (exact) mass is 321 g/mol. The molecule has 1 fully saturated rings. The molecule has 1 aromatic heterocycles. The van der Waals surface area contributed by atoms with Crippen molar-refractivity contribution in [2.24, 2.45) is 0 Å². The predicted octanol–water partition coefficient (Wildman–Crippen LogP) is 0.890. The van der Waals surface area contributed by atoms with Crippen molar-refractivity contribution in [1.82, 2.24) is 25.5 Å². The van der Waals surface area contributed by atoms with Gasteiger partial charge in [-0.2, -0.15) is 0 Å². The lowest BCUT2D eigenvalue weighted by Crippen LogP contribution is -2.32. The number of nitrogens with zero attached hydrogens (tertiary/aromatic N) is 4. The maximum atomic E-state index is 11.8. The molecule has 0 radical (unpaired) electrons. The maximum Gasteiger partial charge on any atom is 0.154 e. The first kappa shape index (κ1) is 15.1. The quantitative estimate of drug-likeness (QED) is 0.879. The number of nitrogens with one attached hydrogen (secondary N) is 1. The van der Waals surface area contributed by atoms with Crippen LogP contribution in [0.25, 0.3) is 5.69 Å². The van der Waals surface area contributed by atoms with Crippen LogP contribution in [0.4, 0.5) is 0 Å². The van der Waals surface area contributed by atoms with Crippen LogP contribution in [0.3, 0.4) is 0 Å². The van der Waals surface area contributed by atoms with E-state index in [9.17, 15) is 8.42 Å². The van der Waals surface area contributed by atoms with Gasteiger partial charge in [0, 0.05) is 12.6 Å². The van der Waals surface area contributed by atoms with Gasteiger partial charge in [-0.3, -0.25) is 0 Å². The van der Waals surface area contributed by atoms with Gasteiger partial charge < -0.3 is 5.32 Å². The summed E-state index contributed by atoms with van der Waals surface area (Å²) in [5.74, 6) is 0.328. The third-order valence-electron chi connectivity index (χ3n) is 4.12. The van der Waals surface area contributed by atoms with Crippen molar-refractivity contribution in [3.63, 3.8) is 0 Å². The summed E-state index contributed by atoms with van der Waals surface area (Å²) in [6.45, 7) is 2.55. The Hall–Kier alpha value is -1.80. The number of aromatic nitrogens is 4. The second-order valence-corrected chi connectivity index (χ2v) is 8.01. The van der Waals surface area contributed by atoms with Gasteiger partial charge in [0.1, 0.15) is 6.33 Å². The van der Waals surface area contributed by atoms with Crippen molar-refractivity contribution in [3.8, 4) is 5.69 Å². The average Bonchev–Trinajstić information content (AvgIpc) is 3.14. The molecule has 22 heavy (non-hydrogen) atoms. The van der Waals surface area contributed by atoms with Crippen LogP contribution in [-0.2, 0) is 9.84 Å². The zero-order chi connectivity index (χ0) is 15.6. The summed E-state index contributed by atoms with van der Waals surface area (Å²) in [4.78, 5) is 0. The predicted molar refractivity (Wildman–Crippen MR) is 82.4 cm³/mol. The fourth-order valence-corrected chi connectivity index (χ4v) is 4.49. The van der Waals surface area contributed by atoms with Gasteiger partial charge in [-0.05, 0) is 47.9 Å². The van der Waals surface area contributed by atoms with Crippen molar-refractivity contribution in [2.45, 2.75) is 31.1 Å². The van der Waals surface area contributed by atoms with Gasteiger partial charge in [-0.25, -0.2) is 13.1 Å². The van der Waals surface area contributed by atoms with Gasteiger partial charge in [-0.15, -0.1) is 5.10 Å². The molecule has 7 nitrogen and oxygen atoms in total. The molecule has 3 rings (SSSR count). The Kier molecular flexibility index (Phi) is 4.21. The second-order valence-electron chi connectivity index (χ2n) is 5.61. The van der Waals surface area contributed by atoms with Crippen LogP contribution in [0.2, 0.25) is 0 Å². The highest BCUT2D eigenvalue weighted by Gasteiger charge is 2.31. The summed E-state index contributed by atoms with van der Waals surface area (Å²) in [5, 5.41) is 14.1. The Balaban J connectivity index is 1.62. The van der Waals surface area contributed by atoms with Gasteiger partial charge in [0.05, 0.1) is 16.7 Å². The van der Waals surface area contributed by atoms with Crippen molar-refractivity contribution < 1.29 is 8.42 Å². The van der Waals surface area contributed by atoms with Gasteiger partial charge in [0.15, 0.2) is 9.84 Å². The Morgan fingerprint density at radius 3 is 2.73 bits per heavy atom. The molecule has 2 unspecified atom stereocenters. The molecule has 1 aliphatic heterocycles. The number of sulfone groups is 1. The van der Waals surface area contributed by atoms with E-state index in [-0.39, 0.29) is 11.3 Å². The van der Waals surface area contributed by atoms with Crippen LogP contribution in [0.15, 0.2) is 30.6 Å². The highest BCUT2D eigenvalue weighted by molar-refractivity contribution is 7.92. The lowest BCUT2D eigenvalue weighted by atomic mass is 10.1. The zero-order valence-electron chi connectivity index (χ0n) is 12.4. The van der Waals surface area contributed by atoms with Crippen molar-refractivity contribution in [3.05, 3.63) is 36.2 Å². The first-order valence-electron chi connectivity index (χ1n) is 7.34. The van der Waals surface area contributed by atoms with E-state index >= 15 is 0 Å². The highest BCUT2D eigenvalue weighted by atomic mass is 32.2. The van der Waals surface area contributed by atoms with Gasteiger partial charge in [0.25, 0.3) is 0 Å². The molecule has 1 N–H and O–H groups in total. The third kappa shape index (κ3) is 3.17. The molecule has 8 heteroatoms. The van der Waals surface area contributed by atoms with Crippen LogP contribution < -0.4 is 5.32 Å². The second kappa shape index (κ2) is 6.13. The summed E-state index contributed by atoms with van der Waals surface area (Å²) < 4.78 is 25.2. The minimum absolute atomic E-state index is 0.0960. The molecule has 1 saturated heterocycles. The summed E-state index contributed by atoms with van der Waals surface area (Å²) in [7, 11) is -2.89. The maximum absolute atomic E-state index is 11.8. The zero-order valence-corrected chi connectivity index (χ0v) is 13.2. The normalized spacial score (nSPS) is 21.8. The van der Waals surface area contributed by atoms with Gasteiger partial charge in [-0.1, -0.05) is 12.1 Å². The van der Waals surface area contributed by atoms with E-state index in [1.54, 1.807) is 11.0 Å². The number of benzene rings is 1. The molecule has 1 aromatic carbocycles. The summed E-state index contributed by atoms with van der Waals surface area (Å²) in [6.07, 6.45) is 3.09. The van der Waals surface area contributed by atoms with E-state index in [2.05, 4.69) is 20.8 Å². The van der Waals surface area contributed by atoms with Gasteiger partial charge >= 0.3 is 0 Å². The van der Waals surface area contributed by atoms with Crippen LogP contribution in [-0.4, -0.2) is 46.2 Å². The molecule has 1 aliphatic rings. The van der Waals surface area contributed by atoms with Crippen molar-refractivity contribution in [1.29, 1.82) is 0 Å². The average molecular weight is 321 g/mol.